The molecule has 0 aliphatic heterocycles. The summed E-state index contributed by atoms with van der Waals surface area (Å²) < 4.78 is 41.7. The van der Waals surface area contributed by atoms with Crippen LogP contribution in [-0.2, 0) is 16.1 Å². The fourth-order valence-corrected chi connectivity index (χ4v) is 2.38. The van der Waals surface area contributed by atoms with E-state index in [1.165, 1.54) is 36.4 Å². The molecule has 31 heavy (non-hydrogen) atoms. The monoisotopic (exact) mass is 432 g/mol. The average Bonchev–Trinajstić information content (AvgIpc) is 3.22. The molecule has 11 heteroatoms. The maximum atomic E-state index is 13.3. The van der Waals surface area contributed by atoms with Crippen LogP contribution in [0.2, 0.25) is 0 Å². The van der Waals surface area contributed by atoms with E-state index in [2.05, 4.69) is 5.32 Å². The van der Waals surface area contributed by atoms with Gasteiger partial charge < -0.3 is 19.2 Å². The van der Waals surface area contributed by atoms with Crippen molar-refractivity contribution in [2.24, 2.45) is 0 Å². The highest BCUT2D eigenvalue weighted by molar-refractivity contribution is 5.94. The highest BCUT2D eigenvalue weighted by Gasteiger charge is 2.17. The molecule has 3 aromatic rings. The van der Waals surface area contributed by atoms with Crippen molar-refractivity contribution in [2.75, 3.05) is 11.9 Å². The molecule has 1 heterocycles. The summed E-state index contributed by atoms with van der Waals surface area (Å²) in [4.78, 5) is 33.7. The summed E-state index contributed by atoms with van der Waals surface area (Å²) in [6.07, 6.45) is 0. The Morgan fingerprint density at radius 2 is 1.81 bits per heavy atom. The summed E-state index contributed by atoms with van der Waals surface area (Å²) in [7, 11) is 0. The standard InChI is InChI=1S/C20H14F2N2O7/c21-12-1-4-14(5-2-12)29-10-15-6-8-18(31-15)20(26)30-11-19(25)23-13-3-7-16(22)17(9-13)24(27)28/h1-9H,10-11H2,(H,23,25). The number of anilines is 1. The molecule has 0 aliphatic carbocycles. The zero-order valence-electron chi connectivity index (χ0n) is 15.7. The SMILES string of the molecule is O=C(COC(=O)c1ccc(COc2ccc(F)cc2)o1)Nc1ccc(F)c([N+](=O)[O-])c1. The molecule has 0 bridgehead atoms. The first kappa shape index (κ1) is 21.4. The van der Waals surface area contributed by atoms with Gasteiger partial charge in [0.2, 0.25) is 11.6 Å². The maximum Gasteiger partial charge on any atom is 0.374 e. The molecular weight excluding hydrogens is 418 g/mol. The lowest BCUT2D eigenvalue weighted by atomic mass is 10.2. The minimum atomic E-state index is -1.05. The normalized spacial score (nSPS) is 10.4. The van der Waals surface area contributed by atoms with Gasteiger partial charge in [0.15, 0.2) is 6.61 Å². The predicted octanol–water partition coefficient (Wildman–Crippen LogP) is 3.84. The molecule has 1 amide bonds. The third kappa shape index (κ3) is 5.85. The van der Waals surface area contributed by atoms with Crippen molar-refractivity contribution in [3.05, 3.63) is 87.9 Å². The number of ether oxygens (including phenoxy) is 2. The second-order valence-corrected chi connectivity index (χ2v) is 6.06. The topological polar surface area (TPSA) is 121 Å². The summed E-state index contributed by atoms with van der Waals surface area (Å²) >= 11 is 0. The van der Waals surface area contributed by atoms with Gasteiger partial charge in [-0.3, -0.25) is 14.9 Å². The summed E-state index contributed by atoms with van der Waals surface area (Å²) in [5, 5.41) is 13.0. The molecule has 0 unspecified atom stereocenters. The van der Waals surface area contributed by atoms with Crippen LogP contribution in [-0.4, -0.2) is 23.4 Å². The van der Waals surface area contributed by atoms with Crippen LogP contribution in [0.5, 0.6) is 5.75 Å². The summed E-state index contributed by atoms with van der Waals surface area (Å²) in [6, 6.07) is 10.9. The van der Waals surface area contributed by atoms with Crippen LogP contribution in [0, 0.1) is 21.7 Å². The number of nitrogens with zero attached hydrogens (tertiary/aromatic N) is 1. The molecule has 0 fully saturated rings. The molecule has 160 valence electrons. The Hall–Kier alpha value is -4.28. The number of rotatable bonds is 8. The largest absolute Gasteiger partial charge is 0.486 e. The molecule has 3 rings (SSSR count). The number of amides is 1. The van der Waals surface area contributed by atoms with E-state index in [9.17, 15) is 28.5 Å². The molecular formula is C20H14F2N2O7. The Morgan fingerprint density at radius 1 is 1.06 bits per heavy atom. The van der Waals surface area contributed by atoms with Crippen LogP contribution in [0.1, 0.15) is 16.3 Å². The lowest BCUT2D eigenvalue weighted by Gasteiger charge is -2.06. The quantitative estimate of drug-likeness (QED) is 0.326. The van der Waals surface area contributed by atoms with E-state index in [-0.39, 0.29) is 18.1 Å². The van der Waals surface area contributed by atoms with E-state index in [0.717, 1.165) is 18.2 Å². The molecule has 0 aliphatic rings. The maximum absolute atomic E-state index is 13.3. The van der Waals surface area contributed by atoms with Crippen LogP contribution in [0.15, 0.2) is 59.0 Å². The second-order valence-electron chi connectivity index (χ2n) is 6.06. The van der Waals surface area contributed by atoms with E-state index in [1.54, 1.807) is 0 Å². The van der Waals surface area contributed by atoms with Gasteiger partial charge in [0.25, 0.3) is 5.91 Å². The van der Waals surface area contributed by atoms with Crippen LogP contribution in [0.4, 0.5) is 20.2 Å². The third-order valence-corrected chi connectivity index (χ3v) is 3.82. The summed E-state index contributed by atoms with van der Waals surface area (Å²) in [6.45, 7) is -0.727. The van der Waals surface area contributed by atoms with Gasteiger partial charge in [-0.2, -0.15) is 4.39 Å². The van der Waals surface area contributed by atoms with Gasteiger partial charge in [0, 0.05) is 11.8 Å². The Kier molecular flexibility index (Phi) is 6.55. The van der Waals surface area contributed by atoms with Gasteiger partial charge in [-0.05, 0) is 48.5 Å². The summed E-state index contributed by atoms with van der Waals surface area (Å²) in [5.74, 6) is -2.65. The van der Waals surface area contributed by atoms with E-state index >= 15 is 0 Å². The Labute approximate surface area is 173 Å². The molecule has 1 aromatic heterocycles. The number of nitro groups is 1. The number of esters is 1. The van der Waals surface area contributed by atoms with Gasteiger partial charge in [0.05, 0.1) is 4.92 Å². The number of benzene rings is 2. The highest BCUT2D eigenvalue weighted by Crippen LogP contribution is 2.21. The van der Waals surface area contributed by atoms with Crippen molar-refractivity contribution in [3.8, 4) is 5.75 Å². The van der Waals surface area contributed by atoms with Crippen molar-refractivity contribution in [2.45, 2.75) is 6.61 Å². The number of nitro benzene ring substituents is 1. The number of carbonyl (C=O) groups excluding carboxylic acids is 2. The molecule has 0 radical (unpaired) electrons. The number of hydrogen-bond acceptors (Lipinski definition) is 7. The van der Waals surface area contributed by atoms with Gasteiger partial charge >= 0.3 is 11.7 Å². The van der Waals surface area contributed by atoms with Crippen LogP contribution in [0.25, 0.3) is 0 Å². The van der Waals surface area contributed by atoms with E-state index in [0.29, 0.717) is 11.5 Å². The van der Waals surface area contributed by atoms with E-state index in [1.807, 2.05) is 0 Å². The van der Waals surface area contributed by atoms with Crippen LogP contribution >= 0.6 is 0 Å². The first-order chi connectivity index (χ1) is 14.8. The second kappa shape index (κ2) is 9.48. The van der Waals surface area contributed by atoms with E-state index in [4.69, 9.17) is 13.9 Å². The zero-order valence-corrected chi connectivity index (χ0v) is 15.7. The lowest BCUT2D eigenvalue weighted by Crippen LogP contribution is -2.20. The molecule has 0 saturated carbocycles. The number of nitrogens with one attached hydrogen (secondary N) is 1. The Bertz CT molecular complexity index is 1110. The number of furan rings is 1. The van der Waals surface area contributed by atoms with Crippen molar-refractivity contribution in [3.63, 3.8) is 0 Å². The Balaban J connectivity index is 1.49. The number of carbonyl (C=O) groups is 2. The molecule has 0 saturated heterocycles. The number of halogens is 2. The third-order valence-electron chi connectivity index (χ3n) is 3.82. The van der Waals surface area contributed by atoms with Crippen LogP contribution in [0.3, 0.4) is 0 Å². The molecule has 0 spiro atoms. The molecule has 1 N–H and O–H groups in total. The van der Waals surface area contributed by atoms with Crippen molar-refractivity contribution in [1.82, 2.24) is 0 Å². The highest BCUT2D eigenvalue weighted by atomic mass is 19.1. The van der Waals surface area contributed by atoms with Crippen molar-refractivity contribution >= 4 is 23.3 Å². The molecule has 9 nitrogen and oxygen atoms in total. The Morgan fingerprint density at radius 3 is 2.52 bits per heavy atom. The fourth-order valence-electron chi connectivity index (χ4n) is 2.38. The minimum Gasteiger partial charge on any atom is -0.486 e. The molecule has 2 aromatic carbocycles. The lowest BCUT2D eigenvalue weighted by molar-refractivity contribution is -0.387. The zero-order chi connectivity index (χ0) is 22.4. The fraction of sp³-hybridized carbons (Fsp3) is 0.100. The van der Waals surface area contributed by atoms with Crippen LogP contribution < -0.4 is 10.1 Å². The smallest absolute Gasteiger partial charge is 0.374 e. The summed E-state index contributed by atoms with van der Waals surface area (Å²) in [5.41, 5.74) is -0.840. The molecule has 0 atom stereocenters. The van der Waals surface area contributed by atoms with Crippen molar-refractivity contribution in [1.29, 1.82) is 0 Å². The first-order valence-corrected chi connectivity index (χ1v) is 8.70. The van der Waals surface area contributed by atoms with Gasteiger partial charge in [0.1, 0.15) is 23.9 Å². The number of hydrogen-bond donors (Lipinski definition) is 1. The van der Waals surface area contributed by atoms with Crippen molar-refractivity contribution < 1.29 is 37.2 Å². The predicted molar refractivity (Wildman–Crippen MR) is 101 cm³/mol. The van der Waals surface area contributed by atoms with Gasteiger partial charge in [-0.1, -0.05) is 0 Å². The first-order valence-electron chi connectivity index (χ1n) is 8.70. The minimum absolute atomic E-state index is 0.0251. The van der Waals surface area contributed by atoms with E-state index < -0.39 is 40.7 Å². The van der Waals surface area contributed by atoms with Gasteiger partial charge in [-0.15, -0.1) is 0 Å². The van der Waals surface area contributed by atoms with Gasteiger partial charge in [-0.25, -0.2) is 9.18 Å². The average molecular weight is 432 g/mol.